The SMILES string of the molecule is COCc1nc(-n2ccc3nc4ncnn4c(-c4ccc(Cl)cc4)c3c2=O)n[nH]1. The smallest absolute Gasteiger partial charge is 0.269 e. The van der Waals surface area contributed by atoms with Gasteiger partial charge in [-0.05, 0) is 18.2 Å². The molecule has 0 unspecified atom stereocenters. The maximum atomic E-state index is 13.4. The number of methoxy groups -OCH3 is 1. The van der Waals surface area contributed by atoms with Crippen LogP contribution in [0.5, 0.6) is 0 Å². The van der Waals surface area contributed by atoms with Gasteiger partial charge in [-0.3, -0.25) is 9.89 Å². The summed E-state index contributed by atoms with van der Waals surface area (Å²) in [5, 5.41) is 12.1. The molecule has 29 heavy (non-hydrogen) atoms. The predicted molar refractivity (Wildman–Crippen MR) is 105 cm³/mol. The number of nitrogens with zero attached hydrogens (tertiary/aromatic N) is 7. The molecular formula is C18H13ClN8O2. The Morgan fingerprint density at radius 3 is 2.79 bits per heavy atom. The van der Waals surface area contributed by atoms with Crippen molar-refractivity contribution in [2.45, 2.75) is 6.61 Å². The molecule has 10 nitrogen and oxygen atoms in total. The van der Waals surface area contributed by atoms with Crippen molar-refractivity contribution in [2.75, 3.05) is 7.11 Å². The fraction of sp³-hybridized carbons (Fsp3) is 0.111. The summed E-state index contributed by atoms with van der Waals surface area (Å²) in [7, 11) is 1.55. The van der Waals surface area contributed by atoms with Gasteiger partial charge >= 0.3 is 0 Å². The van der Waals surface area contributed by atoms with Crippen LogP contribution in [-0.2, 0) is 11.3 Å². The lowest BCUT2D eigenvalue weighted by Gasteiger charge is -2.10. The molecule has 144 valence electrons. The number of aromatic nitrogens is 8. The van der Waals surface area contributed by atoms with Gasteiger partial charge in [-0.15, -0.1) is 5.10 Å². The van der Waals surface area contributed by atoms with E-state index in [1.54, 1.807) is 31.5 Å². The van der Waals surface area contributed by atoms with Crippen molar-refractivity contribution in [3.63, 3.8) is 0 Å². The van der Waals surface area contributed by atoms with Gasteiger partial charge in [0.1, 0.15) is 12.9 Å². The number of nitrogens with one attached hydrogen (secondary N) is 1. The Labute approximate surface area is 167 Å². The van der Waals surface area contributed by atoms with E-state index in [4.69, 9.17) is 16.3 Å². The van der Waals surface area contributed by atoms with Crippen LogP contribution in [0, 0.1) is 0 Å². The fourth-order valence-electron chi connectivity index (χ4n) is 3.15. The highest BCUT2D eigenvalue weighted by Crippen LogP contribution is 2.27. The Morgan fingerprint density at radius 2 is 2.00 bits per heavy atom. The van der Waals surface area contributed by atoms with Gasteiger partial charge in [0, 0.05) is 23.9 Å². The van der Waals surface area contributed by atoms with Gasteiger partial charge in [0.05, 0.1) is 16.6 Å². The zero-order valence-electron chi connectivity index (χ0n) is 15.1. The summed E-state index contributed by atoms with van der Waals surface area (Å²) in [4.78, 5) is 26.4. The van der Waals surface area contributed by atoms with Crippen LogP contribution in [0.15, 0.2) is 47.7 Å². The van der Waals surface area contributed by atoms with Crippen molar-refractivity contribution in [1.82, 2.24) is 39.3 Å². The molecule has 11 heteroatoms. The molecule has 0 atom stereocenters. The summed E-state index contributed by atoms with van der Waals surface area (Å²) in [5.41, 5.74) is 1.47. The van der Waals surface area contributed by atoms with Gasteiger partial charge < -0.3 is 4.74 Å². The molecule has 0 amide bonds. The standard InChI is InChI=1S/C18H13ClN8O2/c1-29-8-13-23-18(25-24-13)26-7-6-12-14(16(26)28)15(10-2-4-11(19)5-3-10)27-17(22-12)20-9-21-27/h2-7,9H,8H2,1H3,(H,23,24,25). The van der Waals surface area contributed by atoms with Gasteiger partial charge in [-0.25, -0.2) is 9.55 Å². The summed E-state index contributed by atoms with van der Waals surface area (Å²) in [5.74, 6) is 1.11. The van der Waals surface area contributed by atoms with E-state index in [9.17, 15) is 4.79 Å². The number of halogens is 1. The first-order valence-electron chi connectivity index (χ1n) is 8.57. The maximum Gasteiger partial charge on any atom is 0.269 e. The largest absolute Gasteiger partial charge is 0.377 e. The van der Waals surface area contributed by atoms with Crippen LogP contribution < -0.4 is 5.56 Å². The van der Waals surface area contributed by atoms with E-state index in [0.29, 0.717) is 33.2 Å². The number of pyridine rings is 1. The lowest BCUT2D eigenvalue weighted by molar-refractivity contribution is 0.178. The summed E-state index contributed by atoms with van der Waals surface area (Å²) < 4.78 is 7.93. The quantitative estimate of drug-likeness (QED) is 0.483. The van der Waals surface area contributed by atoms with E-state index >= 15 is 0 Å². The fourth-order valence-corrected chi connectivity index (χ4v) is 3.28. The molecule has 0 fully saturated rings. The number of hydrogen-bond donors (Lipinski definition) is 1. The van der Waals surface area contributed by atoms with Crippen LogP contribution >= 0.6 is 11.6 Å². The molecule has 5 aromatic rings. The van der Waals surface area contributed by atoms with E-state index in [1.807, 2.05) is 12.1 Å². The number of H-pyrrole nitrogens is 1. The number of ether oxygens (including phenoxy) is 1. The number of benzene rings is 1. The van der Waals surface area contributed by atoms with E-state index in [1.165, 1.54) is 15.4 Å². The highest BCUT2D eigenvalue weighted by atomic mass is 35.5. The van der Waals surface area contributed by atoms with Crippen molar-refractivity contribution in [1.29, 1.82) is 0 Å². The second-order valence-corrected chi connectivity index (χ2v) is 6.64. The minimum absolute atomic E-state index is 0.213. The normalized spacial score (nSPS) is 11.5. The van der Waals surface area contributed by atoms with Crippen molar-refractivity contribution in [3.05, 3.63) is 64.1 Å². The molecule has 0 spiro atoms. The minimum Gasteiger partial charge on any atom is -0.377 e. The van der Waals surface area contributed by atoms with Gasteiger partial charge in [-0.2, -0.15) is 19.6 Å². The lowest BCUT2D eigenvalue weighted by Crippen LogP contribution is -2.21. The zero-order chi connectivity index (χ0) is 20.0. The van der Waals surface area contributed by atoms with Crippen molar-refractivity contribution in [3.8, 4) is 17.2 Å². The Kier molecular flexibility index (Phi) is 4.07. The predicted octanol–water partition coefficient (Wildman–Crippen LogP) is 2.01. The average Bonchev–Trinajstić information content (AvgIpc) is 3.37. The number of aromatic amines is 1. The Bertz CT molecular complexity index is 1400. The molecule has 0 saturated heterocycles. The van der Waals surface area contributed by atoms with Crippen LogP contribution in [0.3, 0.4) is 0 Å². The van der Waals surface area contributed by atoms with Crippen LogP contribution in [-0.4, -0.2) is 46.4 Å². The highest BCUT2D eigenvalue weighted by Gasteiger charge is 2.18. The maximum absolute atomic E-state index is 13.4. The first-order valence-corrected chi connectivity index (χ1v) is 8.95. The molecule has 0 saturated carbocycles. The molecule has 0 radical (unpaired) electrons. The van der Waals surface area contributed by atoms with E-state index < -0.39 is 0 Å². The third-order valence-corrected chi connectivity index (χ3v) is 4.66. The zero-order valence-corrected chi connectivity index (χ0v) is 15.8. The molecule has 1 N–H and O–H groups in total. The Hall–Kier alpha value is -3.63. The van der Waals surface area contributed by atoms with Crippen LogP contribution in [0.1, 0.15) is 5.82 Å². The highest BCUT2D eigenvalue weighted by molar-refractivity contribution is 6.30. The molecule has 4 heterocycles. The Balaban J connectivity index is 1.83. The van der Waals surface area contributed by atoms with Crippen LogP contribution in [0.4, 0.5) is 0 Å². The molecule has 0 aliphatic rings. The van der Waals surface area contributed by atoms with Gasteiger partial charge in [0.15, 0.2) is 5.82 Å². The second kappa shape index (κ2) is 6.76. The first-order chi connectivity index (χ1) is 14.2. The third kappa shape index (κ3) is 2.85. The summed E-state index contributed by atoms with van der Waals surface area (Å²) >= 11 is 6.04. The molecule has 1 aromatic carbocycles. The molecule has 0 aliphatic carbocycles. The van der Waals surface area contributed by atoms with Crippen molar-refractivity contribution < 1.29 is 4.74 Å². The average molecular weight is 409 g/mol. The number of fused-ring (bicyclic) bond motifs is 2. The second-order valence-electron chi connectivity index (χ2n) is 6.21. The van der Waals surface area contributed by atoms with Crippen LogP contribution in [0.25, 0.3) is 33.9 Å². The van der Waals surface area contributed by atoms with Gasteiger partial charge in [0.2, 0.25) is 0 Å². The first kappa shape index (κ1) is 17.5. The molecule has 0 aliphatic heterocycles. The molecule has 0 bridgehead atoms. The monoisotopic (exact) mass is 408 g/mol. The summed E-state index contributed by atoms with van der Waals surface area (Å²) in [6.45, 7) is 0.256. The lowest BCUT2D eigenvalue weighted by atomic mass is 10.1. The van der Waals surface area contributed by atoms with Crippen molar-refractivity contribution >= 4 is 28.3 Å². The van der Waals surface area contributed by atoms with E-state index in [-0.39, 0.29) is 18.1 Å². The van der Waals surface area contributed by atoms with Gasteiger partial charge in [-0.1, -0.05) is 23.7 Å². The number of rotatable bonds is 4. The molecule has 4 aromatic heterocycles. The van der Waals surface area contributed by atoms with E-state index in [2.05, 4.69) is 30.2 Å². The summed E-state index contributed by atoms with van der Waals surface area (Å²) in [6, 6.07) is 8.85. The third-order valence-electron chi connectivity index (χ3n) is 4.40. The minimum atomic E-state index is -0.333. The summed E-state index contributed by atoms with van der Waals surface area (Å²) in [6.07, 6.45) is 2.97. The van der Waals surface area contributed by atoms with E-state index in [0.717, 1.165) is 5.56 Å². The molecular weight excluding hydrogens is 396 g/mol. The van der Waals surface area contributed by atoms with Crippen LogP contribution in [0.2, 0.25) is 5.02 Å². The Morgan fingerprint density at radius 1 is 1.17 bits per heavy atom. The van der Waals surface area contributed by atoms with Crippen molar-refractivity contribution in [2.24, 2.45) is 0 Å². The number of hydrogen-bond acceptors (Lipinski definition) is 7. The van der Waals surface area contributed by atoms with Gasteiger partial charge in [0.25, 0.3) is 17.3 Å². The molecule has 5 rings (SSSR count). The topological polar surface area (TPSA) is 116 Å².